The highest BCUT2D eigenvalue weighted by molar-refractivity contribution is 5.45. The molecule has 112 valence electrons. The van der Waals surface area contributed by atoms with E-state index in [1.165, 1.54) is 19.3 Å². The summed E-state index contributed by atoms with van der Waals surface area (Å²) in [4.78, 5) is 17.8. The second-order valence-electron chi connectivity index (χ2n) is 5.57. The zero-order valence-electron chi connectivity index (χ0n) is 13.1. The van der Waals surface area contributed by atoms with Crippen LogP contribution in [-0.2, 0) is 0 Å². The first-order valence-electron chi connectivity index (χ1n) is 7.56. The Balaban J connectivity index is 2.18. The van der Waals surface area contributed by atoms with E-state index in [1.54, 1.807) is 0 Å². The van der Waals surface area contributed by atoms with Gasteiger partial charge in [-0.3, -0.25) is 0 Å². The normalized spacial score (nSPS) is 18.4. The molecule has 0 amide bonds. The Morgan fingerprint density at radius 2 is 2.05 bits per heavy atom. The molecule has 1 aromatic heterocycles. The minimum absolute atomic E-state index is 0.667. The number of nitrogens with one attached hydrogen (secondary N) is 1. The predicted octanol–water partition coefficient (Wildman–Crippen LogP) is 2.00. The highest BCUT2D eigenvalue weighted by atomic mass is 15.4. The molecule has 1 unspecified atom stereocenters. The van der Waals surface area contributed by atoms with E-state index in [1.807, 2.05) is 25.9 Å². The Hall–Kier alpha value is -1.59. The monoisotopic (exact) mass is 278 g/mol. The highest BCUT2D eigenvalue weighted by Crippen LogP contribution is 2.25. The van der Waals surface area contributed by atoms with E-state index >= 15 is 0 Å². The van der Waals surface area contributed by atoms with Crippen LogP contribution >= 0.6 is 0 Å². The molecule has 20 heavy (non-hydrogen) atoms. The van der Waals surface area contributed by atoms with Crippen LogP contribution in [0.3, 0.4) is 0 Å². The molecule has 0 bridgehead atoms. The van der Waals surface area contributed by atoms with Crippen LogP contribution in [0.1, 0.15) is 33.1 Å². The molecule has 6 heteroatoms. The van der Waals surface area contributed by atoms with E-state index < -0.39 is 0 Å². The Morgan fingerprint density at radius 3 is 2.70 bits per heavy atom. The highest BCUT2D eigenvalue weighted by Gasteiger charge is 2.24. The standard InChI is InChI=1S/C14H26N6/c1-5-7-11-8-9-20(10-11)14-17-12(15-6-2)16-13(18-14)19(3)4/h11H,5-10H2,1-4H3,(H,15,16,17,18). The van der Waals surface area contributed by atoms with Crippen molar-refractivity contribution in [1.29, 1.82) is 0 Å². The van der Waals surface area contributed by atoms with Gasteiger partial charge in [-0.2, -0.15) is 15.0 Å². The topological polar surface area (TPSA) is 57.2 Å². The first-order valence-corrected chi connectivity index (χ1v) is 7.56. The van der Waals surface area contributed by atoms with Crippen molar-refractivity contribution in [3.8, 4) is 0 Å². The number of aromatic nitrogens is 3. The Labute approximate surface area is 121 Å². The molecule has 1 atom stereocenters. The van der Waals surface area contributed by atoms with Crippen molar-refractivity contribution in [1.82, 2.24) is 15.0 Å². The molecule has 1 aliphatic heterocycles. The summed E-state index contributed by atoms with van der Waals surface area (Å²) in [6.45, 7) is 7.23. The maximum atomic E-state index is 4.58. The van der Waals surface area contributed by atoms with E-state index in [9.17, 15) is 0 Å². The van der Waals surface area contributed by atoms with Crippen LogP contribution in [0.25, 0.3) is 0 Å². The van der Waals surface area contributed by atoms with Crippen LogP contribution < -0.4 is 15.1 Å². The third kappa shape index (κ3) is 3.49. The fourth-order valence-electron chi connectivity index (χ4n) is 2.59. The van der Waals surface area contributed by atoms with Gasteiger partial charge >= 0.3 is 0 Å². The summed E-state index contributed by atoms with van der Waals surface area (Å²) in [6, 6.07) is 0. The predicted molar refractivity (Wildman–Crippen MR) is 83.5 cm³/mol. The Kier molecular flexibility index (Phi) is 4.98. The molecule has 0 aromatic carbocycles. The second-order valence-corrected chi connectivity index (χ2v) is 5.57. The van der Waals surface area contributed by atoms with Crippen molar-refractivity contribution < 1.29 is 0 Å². The van der Waals surface area contributed by atoms with Crippen molar-refractivity contribution in [2.24, 2.45) is 5.92 Å². The van der Waals surface area contributed by atoms with Crippen LogP contribution in [0, 0.1) is 5.92 Å². The molecule has 2 heterocycles. The lowest BCUT2D eigenvalue weighted by atomic mass is 10.0. The van der Waals surface area contributed by atoms with E-state index in [2.05, 4.69) is 32.1 Å². The molecule has 1 N–H and O–H groups in total. The summed E-state index contributed by atoms with van der Waals surface area (Å²) in [5.41, 5.74) is 0. The van der Waals surface area contributed by atoms with Gasteiger partial charge in [0.15, 0.2) is 0 Å². The molecule has 0 aliphatic carbocycles. The minimum atomic E-state index is 0.667. The Bertz CT molecular complexity index is 434. The fraction of sp³-hybridized carbons (Fsp3) is 0.786. The number of nitrogens with zero attached hydrogens (tertiary/aromatic N) is 5. The second kappa shape index (κ2) is 6.72. The first kappa shape index (κ1) is 14.8. The van der Waals surface area contributed by atoms with Crippen LogP contribution in [0.4, 0.5) is 17.8 Å². The molecule has 0 spiro atoms. The summed E-state index contributed by atoms with van der Waals surface area (Å²) in [6.07, 6.45) is 3.79. The zero-order chi connectivity index (χ0) is 14.5. The van der Waals surface area contributed by atoms with Crippen molar-refractivity contribution in [2.75, 3.05) is 48.8 Å². The van der Waals surface area contributed by atoms with Gasteiger partial charge in [-0.25, -0.2) is 0 Å². The van der Waals surface area contributed by atoms with Gasteiger partial charge in [0.1, 0.15) is 0 Å². The van der Waals surface area contributed by atoms with E-state index in [0.717, 1.165) is 31.5 Å². The van der Waals surface area contributed by atoms with Crippen molar-refractivity contribution in [3.63, 3.8) is 0 Å². The molecule has 0 radical (unpaired) electrons. The van der Waals surface area contributed by atoms with Crippen LogP contribution in [0.15, 0.2) is 0 Å². The summed E-state index contributed by atoms with van der Waals surface area (Å²) < 4.78 is 0. The van der Waals surface area contributed by atoms with Gasteiger partial charge in [0.2, 0.25) is 17.8 Å². The smallest absolute Gasteiger partial charge is 0.231 e. The molecule has 0 saturated carbocycles. The molecule has 6 nitrogen and oxygen atoms in total. The van der Waals surface area contributed by atoms with Gasteiger partial charge in [-0.1, -0.05) is 13.3 Å². The number of hydrogen-bond donors (Lipinski definition) is 1. The molecule has 1 fully saturated rings. The van der Waals surface area contributed by atoms with Gasteiger partial charge in [-0.15, -0.1) is 0 Å². The van der Waals surface area contributed by atoms with Gasteiger partial charge < -0.3 is 15.1 Å². The maximum absolute atomic E-state index is 4.58. The molecule has 1 aromatic rings. The largest absolute Gasteiger partial charge is 0.354 e. The number of hydrogen-bond acceptors (Lipinski definition) is 6. The minimum Gasteiger partial charge on any atom is -0.354 e. The summed E-state index contributed by atoms with van der Waals surface area (Å²) in [7, 11) is 3.91. The maximum Gasteiger partial charge on any atom is 0.231 e. The van der Waals surface area contributed by atoms with E-state index in [4.69, 9.17) is 0 Å². The molecular weight excluding hydrogens is 252 g/mol. The van der Waals surface area contributed by atoms with Crippen LogP contribution in [0.5, 0.6) is 0 Å². The van der Waals surface area contributed by atoms with Crippen molar-refractivity contribution in [3.05, 3.63) is 0 Å². The average molecular weight is 278 g/mol. The molecule has 2 rings (SSSR count). The number of rotatable bonds is 6. The summed E-state index contributed by atoms with van der Waals surface area (Å²) >= 11 is 0. The lowest BCUT2D eigenvalue weighted by molar-refractivity contribution is 0.529. The van der Waals surface area contributed by atoms with Crippen molar-refractivity contribution in [2.45, 2.75) is 33.1 Å². The lowest BCUT2D eigenvalue weighted by Gasteiger charge is -2.19. The zero-order valence-corrected chi connectivity index (χ0v) is 13.1. The third-order valence-electron chi connectivity index (χ3n) is 3.61. The fourth-order valence-corrected chi connectivity index (χ4v) is 2.59. The van der Waals surface area contributed by atoms with Crippen LogP contribution in [0.2, 0.25) is 0 Å². The van der Waals surface area contributed by atoms with E-state index in [-0.39, 0.29) is 0 Å². The molecule has 1 saturated heterocycles. The van der Waals surface area contributed by atoms with E-state index in [0.29, 0.717) is 11.9 Å². The SMILES string of the molecule is CCCC1CCN(c2nc(NCC)nc(N(C)C)n2)C1. The third-order valence-corrected chi connectivity index (χ3v) is 3.61. The first-order chi connectivity index (χ1) is 9.63. The van der Waals surface area contributed by atoms with Crippen LogP contribution in [-0.4, -0.2) is 48.7 Å². The van der Waals surface area contributed by atoms with Crippen molar-refractivity contribution >= 4 is 17.8 Å². The summed E-state index contributed by atoms with van der Waals surface area (Å²) in [5, 5.41) is 3.19. The average Bonchev–Trinajstić information content (AvgIpc) is 2.88. The van der Waals surface area contributed by atoms with Gasteiger partial charge in [0.05, 0.1) is 0 Å². The quantitative estimate of drug-likeness (QED) is 0.859. The van der Waals surface area contributed by atoms with Gasteiger partial charge in [0, 0.05) is 33.7 Å². The van der Waals surface area contributed by atoms with Gasteiger partial charge in [0.25, 0.3) is 0 Å². The molecule has 1 aliphatic rings. The van der Waals surface area contributed by atoms with Gasteiger partial charge in [-0.05, 0) is 25.7 Å². The summed E-state index contributed by atoms with van der Waals surface area (Å²) in [5.74, 6) is 2.96. The Morgan fingerprint density at radius 1 is 1.25 bits per heavy atom. The lowest BCUT2D eigenvalue weighted by Crippen LogP contribution is -2.25. The molecular formula is C14H26N6. The number of anilines is 3.